The summed E-state index contributed by atoms with van der Waals surface area (Å²) in [5, 5.41) is 6.69. The molecule has 3 aromatic carbocycles. The van der Waals surface area contributed by atoms with Gasteiger partial charge >= 0.3 is 0 Å². The van der Waals surface area contributed by atoms with E-state index in [2.05, 4.69) is 31.8 Å². The van der Waals surface area contributed by atoms with E-state index in [4.69, 9.17) is 4.74 Å². The van der Waals surface area contributed by atoms with Crippen molar-refractivity contribution in [1.82, 2.24) is 5.43 Å². The maximum atomic E-state index is 12.0. The first-order valence-corrected chi connectivity index (χ1v) is 10.5. The third-order valence-electron chi connectivity index (χ3n) is 4.26. The molecule has 0 heterocycles. The van der Waals surface area contributed by atoms with Crippen molar-refractivity contribution in [2.24, 2.45) is 5.10 Å². The van der Waals surface area contributed by atoms with Gasteiger partial charge in [-0.15, -0.1) is 0 Å². The van der Waals surface area contributed by atoms with E-state index < -0.39 is 0 Å². The maximum absolute atomic E-state index is 12.0. The molecule has 0 saturated heterocycles. The highest BCUT2D eigenvalue weighted by molar-refractivity contribution is 9.10. The predicted molar refractivity (Wildman–Crippen MR) is 125 cm³/mol. The maximum Gasteiger partial charge on any atom is 0.240 e. The van der Waals surface area contributed by atoms with Gasteiger partial charge in [0.1, 0.15) is 12.4 Å². The summed E-state index contributed by atoms with van der Waals surface area (Å²) in [5.41, 5.74) is 5.02. The van der Waals surface area contributed by atoms with Crippen LogP contribution in [0.1, 0.15) is 24.0 Å². The van der Waals surface area contributed by atoms with E-state index >= 15 is 0 Å². The van der Waals surface area contributed by atoms with Crippen molar-refractivity contribution in [3.63, 3.8) is 0 Å². The highest BCUT2D eigenvalue weighted by Gasteiger charge is 2.08. The van der Waals surface area contributed by atoms with Gasteiger partial charge in [-0.3, -0.25) is 9.59 Å². The molecular formula is C24H22BrN3O3. The van der Waals surface area contributed by atoms with Crippen LogP contribution in [0.5, 0.6) is 5.75 Å². The molecule has 0 aliphatic heterocycles. The van der Waals surface area contributed by atoms with Crippen LogP contribution in [0.3, 0.4) is 0 Å². The Balaban J connectivity index is 1.38. The van der Waals surface area contributed by atoms with E-state index in [-0.39, 0.29) is 24.7 Å². The molecule has 0 saturated carbocycles. The molecular weight excluding hydrogens is 458 g/mol. The summed E-state index contributed by atoms with van der Waals surface area (Å²) in [4.78, 5) is 23.9. The fraction of sp³-hybridized carbons (Fsp3) is 0.125. The summed E-state index contributed by atoms with van der Waals surface area (Å²) in [7, 11) is 0. The lowest BCUT2D eigenvalue weighted by Crippen LogP contribution is -2.20. The molecule has 6 nitrogen and oxygen atoms in total. The first kappa shape index (κ1) is 22.2. The number of anilines is 1. The predicted octanol–water partition coefficient (Wildman–Crippen LogP) is 4.90. The van der Waals surface area contributed by atoms with Gasteiger partial charge in [-0.2, -0.15) is 5.10 Å². The minimum absolute atomic E-state index is 0.0416. The third-order valence-corrected chi connectivity index (χ3v) is 4.95. The Morgan fingerprint density at radius 2 is 1.55 bits per heavy atom. The van der Waals surface area contributed by atoms with E-state index in [9.17, 15) is 9.59 Å². The average Bonchev–Trinajstić information content (AvgIpc) is 2.79. The van der Waals surface area contributed by atoms with Gasteiger partial charge in [0.2, 0.25) is 11.8 Å². The van der Waals surface area contributed by atoms with Crippen molar-refractivity contribution in [2.45, 2.75) is 19.4 Å². The second kappa shape index (κ2) is 11.7. The highest BCUT2D eigenvalue weighted by Crippen LogP contribution is 2.21. The van der Waals surface area contributed by atoms with Crippen molar-refractivity contribution >= 4 is 39.6 Å². The van der Waals surface area contributed by atoms with Gasteiger partial charge in [0.15, 0.2) is 0 Å². The SMILES string of the molecule is O=C(CCC(=O)Nc1ccccc1Br)N/N=C/c1ccc(OCc2ccccc2)cc1. The number of carbonyl (C=O) groups is 2. The fourth-order valence-corrected chi connectivity index (χ4v) is 3.01. The minimum Gasteiger partial charge on any atom is -0.489 e. The van der Waals surface area contributed by atoms with E-state index in [1.54, 1.807) is 12.3 Å². The Morgan fingerprint density at radius 1 is 0.871 bits per heavy atom. The van der Waals surface area contributed by atoms with E-state index in [1.807, 2.05) is 72.8 Å². The minimum atomic E-state index is -0.332. The summed E-state index contributed by atoms with van der Waals surface area (Å²) >= 11 is 3.36. The van der Waals surface area contributed by atoms with Crippen LogP contribution < -0.4 is 15.5 Å². The first-order chi connectivity index (χ1) is 15.1. The second-order valence-electron chi connectivity index (χ2n) is 6.66. The number of halogens is 1. The van der Waals surface area contributed by atoms with Gasteiger partial charge in [-0.25, -0.2) is 5.43 Å². The van der Waals surface area contributed by atoms with Crippen LogP contribution in [-0.2, 0) is 16.2 Å². The number of hydrogen-bond donors (Lipinski definition) is 2. The Bertz CT molecular complexity index is 1040. The van der Waals surface area contributed by atoms with Crippen LogP contribution in [0.25, 0.3) is 0 Å². The van der Waals surface area contributed by atoms with E-state index in [0.717, 1.165) is 21.3 Å². The summed E-state index contributed by atoms with van der Waals surface area (Å²) in [6, 6.07) is 24.6. The molecule has 158 valence electrons. The van der Waals surface area contributed by atoms with Gasteiger partial charge in [0, 0.05) is 17.3 Å². The molecule has 2 amide bonds. The molecule has 3 aromatic rings. The van der Waals surface area contributed by atoms with Gasteiger partial charge in [-0.05, 0) is 63.5 Å². The normalized spacial score (nSPS) is 10.6. The van der Waals surface area contributed by atoms with E-state index in [0.29, 0.717) is 12.3 Å². The van der Waals surface area contributed by atoms with Crippen LogP contribution in [0.15, 0.2) is 88.4 Å². The number of rotatable bonds is 9. The van der Waals surface area contributed by atoms with Gasteiger partial charge in [0.05, 0.1) is 11.9 Å². The molecule has 0 spiro atoms. The van der Waals surface area contributed by atoms with Gasteiger partial charge in [0.25, 0.3) is 0 Å². The molecule has 0 aromatic heterocycles. The van der Waals surface area contributed by atoms with Crippen LogP contribution >= 0.6 is 15.9 Å². The molecule has 0 atom stereocenters. The summed E-state index contributed by atoms with van der Waals surface area (Å²) in [6.07, 6.45) is 1.65. The lowest BCUT2D eigenvalue weighted by atomic mass is 10.2. The zero-order valence-electron chi connectivity index (χ0n) is 16.8. The number of benzene rings is 3. The second-order valence-corrected chi connectivity index (χ2v) is 7.52. The van der Waals surface area contributed by atoms with Crippen molar-refractivity contribution in [1.29, 1.82) is 0 Å². The summed E-state index contributed by atoms with van der Waals surface area (Å²) < 4.78 is 6.52. The molecule has 0 radical (unpaired) electrons. The molecule has 31 heavy (non-hydrogen) atoms. The standard InChI is InChI=1S/C24H22BrN3O3/c25-21-8-4-5-9-22(21)27-23(29)14-15-24(30)28-26-16-18-10-12-20(13-11-18)31-17-19-6-2-1-3-7-19/h1-13,16H,14-15,17H2,(H,27,29)(H,28,30)/b26-16+. The molecule has 0 fully saturated rings. The molecule has 0 unspecified atom stereocenters. The quantitative estimate of drug-likeness (QED) is 0.338. The Kier molecular flexibility index (Phi) is 8.37. The number of amides is 2. The third kappa shape index (κ3) is 7.71. The average molecular weight is 480 g/mol. The summed E-state index contributed by atoms with van der Waals surface area (Å²) in [5.74, 6) is 0.180. The molecule has 7 heteroatoms. The topological polar surface area (TPSA) is 79.8 Å². The molecule has 0 aliphatic carbocycles. The first-order valence-electron chi connectivity index (χ1n) is 9.73. The Morgan fingerprint density at radius 3 is 2.29 bits per heavy atom. The number of para-hydroxylation sites is 1. The smallest absolute Gasteiger partial charge is 0.240 e. The monoisotopic (exact) mass is 479 g/mol. The molecule has 2 N–H and O–H groups in total. The molecule has 0 aliphatic rings. The Hall–Kier alpha value is -3.45. The summed E-state index contributed by atoms with van der Waals surface area (Å²) in [6.45, 7) is 0.499. The van der Waals surface area contributed by atoms with Crippen molar-refractivity contribution in [3.8, 4) is 5.75 Å². The van der Waals surface area contributed by atoms with Crippen molar-refractivity contribution in [2.75, 3.05) is 5.32 Å². The van der Waals surface area contributed by atoms with Gasteiger partial charge < -0.3 is 10.1 Å². The number of carbonyl (C=O) groups excluding carboxylic acids is 2. The number of hydrogen-bond acceptors (Lipinski definition) is 4. The lowest BCUT2D eigenvalue weighted by Gasteiger charge is -2.07. The number of ether oxygens (including phenoxy) is 1. The van der Waals surface area contributed by atoms with Gasteiger partial charge in [-0.1, -0.05) is 42.5 Å². The highest BCUT2D eigenvalue weighted by atomic mass is 79.9. The fourth-order valence-electron chi connectivity index (χ4n) is 2.63. The zero-order chi connectivity index (χ0) is 21.9. The Labute approximate surface area is 189 Å². The number of nitrogens with zero attached hydrogens (tertiary/aromatic N) is 1. The van der Waals surface area contributed by atoms with E-state index in [1.165, 1.54) is 0 Å². The zero-order valence-corrected chi connectivity index (χ0v) is 18.3. The van der Waals surface area contributed by atoms with Crippen LogP contribution in [-0.4, -0.2) is 18.0 Å². The largest absolute Gasteiger partial charge is 0.489 e. The molecule has 0 bridgehead atoms. The van der Waals surface area contributed by atoms with Crippen molar-refractivity contribution in [3.05, 3.63) is 94.5 Å². The molecule has 3 rings (SSSR count). The number of hydrazone groups is 1. The van der Waals surface area contributed by atoms with Crippen LogP contribution in [0.2, 0.25) is 0 Å². The van der Waals surface area contributed by atoms with Crippen LogP contribution in [0.4, 0.5) is 5.69 Å². The lowest BCUT2D eigenvalue weighted by molar-refractivity contribution is -0.124. The number of nitrogens with one attached hydrogen (secondary N) is 2. The van der Waals surface area contributed by atoms with Crippen molar-refractivity contribution < 1.29 is 14.3 Å². The van der Waals surface area contributed by atoms with Crippen LogP contribution in [0, 0.1) is 0 Å².